The lowest BCUT2D eigenvalue weighted by atomic mass is 10.1. The van der Waals surface area contributed by atoms with Gasteiger partial charge in [-0.3, -0.25) is 4.98 Å². The number of carbonyl (C=O) groups excluding carboxylic acids is 1. The van der Waals surface area contributed by atoms with E-state index in [0.29, 0.717) is 6.42 Å². The van der Waals surface area contributed by atoms with E-state index in [0.717, 1.165) is 41.9 Å². The molecule has 0 spiro atoms. The molecule has 5 heteroatoms. The number of nitrogens with zero attached hydrogens (tertiary/aromatic N) is 3. The monoisotopic (exact) mass is 351 g/mol. The van der Waals surface area contributed by atoms with Gasteiger partial charge in [0.15, 0.2) is 0 Å². The van der Waals surface area contributed by atoms with E-state index in [1.165, 1.54) is 0 Å². The zero-order valence-corrected chi connectivity index (χ0v) is 15.7. The molecule has 2 aromatic rings. The summed E-state index contributed by atoms with van der Waals surface area (Å²) in [6, 6.07) is 7.83. The summed E-state index contributed by atoms with van der Waals surface area (Å²) in [4.78, 5) is 16.2. The fourth-order valence-corrected chi connectivity index (χ4v) is 2.90. The first kappa shape index (κ1) is 19.5. The highest BCUT2D eigenvalue weighted by molar-refractivity contribution is 5.98. The largest absolute Gasteiger partial charge is 0.462 e. The third-order valence-corrected chi connectivity index (χ3v) is 4.27. The minimum absolute atomic E-state index is 0.0307. The van der Waals surface area contributed by atoms with E-state index >= 15 is 0 Å². The maximum atomic E-state index is 12.2. The van der Waals surface area contributed by atoms with Crippen LogP contribution in [0.3, 0.4) is 0 Å². The van der Waals surface area contributed by atoms with Crippen LogP contribution in [0.1, 0.15) is 42.3 Å². The molecule has 136 valence electrons. The molecule has 2 heterocycles. The Balaban J connectivity index is 1.97. The van der Waals surface area contributed by atoms with E-state index in [4.69, 9.17) is 4.74 Å². The van der Waals surface area contributed by atoms with E-state index in [2.05, 4.69) is 16.5 Å². The highest BCUT2D eigenvalue weighted by Crippen LogP contribution is 2.19. The first-order valence-electron chi connectivity index (χ1n) is 8.91. The van der Waals surface area contributed by atoms with Gasteiger partial charge in [0, 0.05) is 30.3 Å². The van der Waals surface area contributed by atoms with Crippen LogP contribution in [-0.2, 0) is 22.5 Å². The Bertz CT molecular complexity index is 814. The molecular weight excluding hydrogens is 326 g/mol. The molecule has 0 radical (unpaired) electrons. The predicted octanol–water partition coefficient (Wildman–Crippen LogP) is 3.99. The summed E-state index contributed by atoms with van der Waals surface area (Å²) in [5, 5.41) is 9.33. The minimum atomic E-state index is -0.570. The molecule has 0 amide bonds. The first-order chi connectivity index (χ1) is 12.6. The van der Waals surface area contributed by atoms with Gasteiger partial charge in [-0.15, -0.1) is 0 Å². The number of hydrogen-bond acceptors (Lipinski definition) is 4. The van der Waals surface area contributed by atoms with Crippen molar-refractivity contribution in [3.8, 4) is 6.07 Å². The van der Waals surface area contributed by atoms with E-state index < -0.39 is 5.97 Å². The Morgan fingerprint density at radius 1 is 1.42 bits per heavy atom. The van der Waals surface area contributed by atoms with Gasteiger partial charge in [0.2, 0.25) is 0 Å². The fourth-order valence-electron chi connectivity index (χ4n) is 2.90. The average Bonchev–Trinajstić information content (AvgIpc) is 2.91. The average molecular weight is 351 g/mol. The molecule has 2 aromatic heterocycles. The molecule has 0 aliphatic rings. The SMILES string of the molecule is CCCn1c(C)cc(C=C(C#N)C(=O)OCCCc2cccnc2)c1C. The molecule has 0 N–H and O–H groups in total. The molecular formula is C21H25N3O2. The molecule has 0 aliphatic carbocycles. The third-order valence-electron chi connectivity index (χ3n) is 4.27. The van der Waals surface area contributed by atoms with Crippen LogP contribution in [0.2, 0.25) is 0 Å². The second-order valence-corrected chi connectivity index (χ2v) is 6.25. The standard InChI is InChI=1S/C21H25N3O2/c1-4-10-24-16(2)12-19(17(24)3)13-20(14-22)21(25)26-11-6-8-18-7-5-9-23-15-18/h5,7,9,12-13,15H,4,6,8,10-11H2,1-3H3. The van der Waals surface area contributed by atoms with Crippen LogP contribution in [0.25, 0.3) is 6.08 Å². The Kier molecular flexibility index (Phi) is 7.16. The topological polar surface area (TPSA) is 67.9 Å². The van der Waals surface area contributed by atoms with Crippen LogP contribution in [0.5, 0.6) is 0 Å². The van der Waals surface area contributed by atoms with Gasteiger partial charge in [0.25, 0.3) is 0 Å². The Morgan fingerprint density at radius 3 is 2.88 bits per heavy atom. The zero-order valence-electron chi connectivity index (χ0n) is 15.7. The number of rotatable bonds is 8. The summed E-state index contributed by atoms with van der Waals surface area (Å²) in [5.74, 6) is -0.570. The summed E-state index contributed by atoms with van der Waals surface area (Å²) in [6.07, 6.45) is 7.66. The van der Waals surface area contributed by atoms with Crippen LogP contribution in [0, 0.1) is 25.2 Å². The lowest BCUT2D eigenvalue weighted by Crippen LogP contribution is -2.09. The molecule has 0 atom stereocenters. The molecule has 0 bridgehead atoms. The maximum Gasteiger partial charge on any atom is 0.348 e. The van der Waals surface area contributed by atoms with Crippen molar-refractivity contribution in [3.05, 3.63) is 58.7 Å². The van der Waals surface area contributed by atoms with Crippen molar-refractivity contribution in [3.63, 3.8) is 0 Å². The quantitative estimate of drug-likeness (QED) is 0.312. The third kappa shape index (κ3) is 5.06. The van der Waals surface area contributed by atoms with Crippen molar-refractivity contribution < 1.29 is 9.53 Å². The van der Waals surface area contributed by atoms with E-state index in [1.807, 2.05) is 38.1 Å². The fraction of sp³-hybridized carbons (Fsp3) is 0.381. The van der Waals surface area contributed by atoms with Gasteiger partial charge in [-0.25, -0.2) is 4.79 Å². The van der Waals surface area contributed by atoms with Gasteiger partial charge in [-0.2, -0.15) is 5.26 Å². The lowest BCUT2D eigenvalue weighted by molar-refractivity contribution is -0.138. The molecule has 0 saturated heterocycles. The summed E-state index contributed by atoms with van der Waals surface area (Å²) < 4.78 is 7.45. The summed E-state index contributed by atoms with van der Waals surface area (Å²) >= 11 is 0. The van der Waals surface area contributed by atoms with Gasteiger partial charge >= 0.3 is 5.97 Å². The van der Waals surface area contributed by atoms with Gasteiger partial charge < -0.3 is 9.30 Å². The second-order valence-electron chi connectivity index (χ2n) is 6.25. The van der Waals surface area contributed by atoms with Crippen LogP contribution < -0.4 is 0 Å². The molecule has 0 unspecified atom stereocenters. The van der Waals surface area contributed by atoms with Crippen molar-refractivity contribution in [2.45, 2.75) is 46.6 Å². The number of carbonyl (C=O) groups is 1. The van der Waals surface area contributed by atoms with Gasteiger partial charge in [0.1, 0.15) is 11.6 Å². The van der Waals surface area contributed by atoms with Crippen molar-refractivity contribution in [2.75, 3.05) is 6.61 Å². The number of nitriles is 1. The van der Waals surface area contributed by atoms with Crippen molar-refractivity contribution >= 4 is 12.0 Å². The van der Waals surface area contributed by atoms with Crippen LogP contribution in [0.4, 0.5) is 0 Å². The summed E-state index contributed by atoms with van der Waals surface area (Å²) in [5.41, 5.74) is 4.20. The number of aryl methyl sites for hydroxylation is 2. The number of hydrogen-bond donors (Lipinski definition) is 0. The van der Waals surface area contributed by atoms with Gasteiger partial charge in [-0.05, 0) is 62.4 Å². The second kappa shape index (κ2) is 9.57. The van der Waals surface area contributed by atoms with Crippen LogP contribution in [0.15, 0.2) is 36.2 Å². The lowest BCUT2D eigenvalue weighted by Gasteiger charge is -2.07. The molecule has 5 nitrogen and oxygen atoms in total. The van der Waals surface area contributed by atoms with E-state index in [-0.39, 0.29) is 12.2 Å². The summed E-state index contributed by atoms with van der Waals surface area (Å²) in [7, 11) is 0. The molecule has 0 aliphatic heterocycles. The number of aromatic nitrogens is 2. The molecule has 26 heavy (non-hydrogen) atoms. The van der Waals surface area contributed by atoms with Gasteiger partial charge in [0.05, 0.1) is 6.61 Å². The normalized spacial score (nSPS) is 11.2. The van der Waals surface area contributed by atoms with Crippen LogP contribution in [-0.4, -0.2) is 22.1 Å². The van der Waals surface area contributed by atoms with Crippen molar-refractivity contribution in [1.82, 2.24) is 9.55 Å². The Labute approximate surface area is 154 Å². The van der Waals surface area contributed by atoms with E-state index in [9.17, 15) is 10.1 Å². The zero-order chi connectivity index (χ0) is 18.9. The number of pyridine rings is 1. The molecule has 2 rings (SSSR count). The highest BCUT2D eigenvalue weighted by Gasteiger charge is 2.13. The highest BCUT2D eigenvalue weighted by atomic mass is 16.5. The Hall–Kier alpha value is -2.87. The smallest absolute Gasteiger partial charge is 0.348 e. The Morgan fingerprint density at radius 2 is 2.23 bits per heavy atom. The minimum Gasteiger partial charge on any atom is -0.462 e. The first-order valence-corrected chi connectivity index (χ1v) is 8.91. The van der Waals surface area contributed by atoms with E-state index in [1.54, 1.807) is 18.5 Å². The van der Waals surface area contributed by atoms with Crippen LogP contribution >= 0.6 is 0 Å². The number of ether oxygens (including phenoxy) is 1. The van der Waals surface area contributed by atoms with Crippen molar-refractivity contribution in [1.29, 1.82) is 5.26 Å². The number of esters is 1. The maximum absolute atomic E-state index is 12.2. The molecule has 0 fully saturated rings. The summed E-state index contributed by atoms with van der Waals surface area (Å²) in [6.45, 7) is 7.36. The van der Waals surface area contributed by atoms with Gasteiger partial charge in [-0.1, -0.05) is 13.0 Å². The van der Waals surface area contributed by atoms with Crippen molar-refractivity contribution in [2.24, 2.45) is 0 Å². The molecule has 0 aromatic carbocycles. The molecule has 0 saturated carbocycles. The predicted molar refractivity (Wildman–Crippen MR) is 101 cm³/mol.